The van der Waals surface area contributed by atoms with E-state index in [0.717, 1.165) is 24.1 Å². The predicted octanol–water partition coefficient (Wildman–Crippen LogP) is 2.81. The Kier molecular flexibility index (Phi) is 6.76. The van der Waals surface area contributed by atoms with Gasteiger partial charge in [-0.25, -0.2) is 0 Å². The van der Waals surface area contributed by atoms with Crippen molar-refractivity contribution in [3.8, 4) is 0 Å². The number of aliphatic hydroxyl groups excluding tert-OH is 1. The summed E-state index contributed by atoms with van der Waals surface area (Å²) in [6, 6.07) is 15.7. The first kappa shape index (κ1) is 17.2. The fourth-order valence-electron chi connectivity index (χ4n) is 2.50. The molecule has 2 aromatic rings. The molecule has 0 aliphatic heterocycles. The van der Waals surface area contributed by atoms with E-state index < -0.39 is 6.10 Å². The third kappa shape index (κ3) is 6.20. The van der Waals surface area contributed by atoms with Gasteiger partial charge >= 0.3 is 0 Å². The van der Waals surface area contributed by atoms with Gasteiger partial charge in [-0.1, -0.05) is 36.4 Å². The van der Waals surface area contributed by atoms with Crippen molar-refractivity contribution < 1.29 is 9.90 Å². The van der Waals surface area contributed by atoms with Crippen LogP contribution in [0.25, 0.3) is 0 Å². The Balaban J connectivity index is 1.88. The lowest BCUT2D eigenvalue weighted by atomic mass is 10.1. The average molecular weight is 312 g/mol. The number of aliphatic hydroxyl groups is 1. The van der Waals surface area contributed by atoms with Crippen molar-refractivity contribution in [2.45, 2.75) is 38.8 Å². The van der Waals surface area contributed by atoms with E-state index in [4.69, 9.17) is 0 Å². The number of benzene rings is 1. The van der Waals surface area contributed by atoms with Gasteiger partial charge in [0.25, 0.3) is 0 Å². The van der Waals surface area contributed by atoms with Crippen LogP contribution in [0, 0.1) is 0 Å². The molecule has 1 heterocycles. The highest BCUT2D eigenvalue weighted by Crippen LogP contribution is 2.10. The number of rotatable bonds is 8. The van der Waals surface area contributed by atoms with Crippen LogP contribution in [0.1, 0.15) is 31.0 Å². The largest absolute Gasteiger partial charge is 0.392 e. The molecule has 1 N–H and O–H groups in total. The molecule has 2 rings (SSSR count). The van der Waals surface area contributed by atoms with E-state index in [9.17, 15) is 9.90 Å². The van der Waals surface area contributed by atoms with Gasteiger partial charge in [0, 0.05) is 31.4 Å². The predicted molar refractivity (Wildman–Crippen MR) is 90.7 cm³/mol. The Morgan fingerprint density at radius 2 is 1.91 bits per heavy atom. The van der Waals surface area contributed by atoms with E-state index in [2.05, 4.69) is 4.98 Å². The topological polar surface area (TPSA) is 53.4 Å². The standard InChI is InChI=1S/C19H24N2O2/c1-16(22)14-21(15-17-8-3-2-4-9-17)19(23)12-7-11-18-10-5-6-13-20-18/h2-6,8-10,13,16,22H,7,11-12,14-15H2,1H3. The maximum atomic E-state index is 12.5. The Labute approximate surface area is 137 Å². The number of hydrogen-bond acceptors (Lipinski definition) is 3. The number of hydrogen-bond donors (Lipinski definition) is 1. The van der Waals surface area contributed by atoms with Crippen LogP contribution in [0.4, 0.5) is 0 Å². The van der Waals surface area contributed by atoms with Gasteiger partial charge in [0.2, 0.25) is 5.91 Å². The van der Waals surface area contributed by atoms with E-state index in [0.29, 0.717) is 19.5 Å². The van der Waals surface area contributed by atoms with Crippen molar-refractivity contribution in [3.63, 3.8) is 0 Å². The first-order chi connectivity index (χ1) is 11.1. The van der Waals surface area contributed by atoms with Gasteiger partial charge in [0.05, 0.1) is 6.10 Å². The minimum atomic E-state index is -0.529. The molecular weight excluding hydrogens is 288 g/mol. The summed E-state index contributed by atoms with van der Waals surface area (Å²) in [5, 5.41) is 9.65. The molecule has 0 bridgehead atoms. The van der Waals surface area contributed by atoms with Crippen LogP contribution >= 0.6 is 0 Å². The average Bonchev–Trinajstić information content (AvgIpc) is 2.56. The molecule has 4 heteroatoms. The van der Waals surface area contributed by atoms with Gasteiger partial charge in [0.15, 0.2) is 0 Å². The van der Waals surface area contributed by atoms with Gasteiger partial charge < -0.3 is 10.0 Å². The lowest BCUT2D eigenvalue weighted by Gasteiger charge is -2.24. The third-order valence-electron chi connectivity index (χ3n) is 3.60. The van der Waals surface area contributed by atoms with Crippen LogP contribution in [0.15, 0.2) is 54.7 Å². The number of carbonyl (C=O) groups excluding carboxylic acids is 1. The molecule has 0 aliphatic rings. The molecule has 0 radical (unpaired) electrons. The summed E-state index contributed by atoms with van der Waals surface area (Å²) in [6.07, 6.45) is 3.27. The second kappa shape index (κ2) is 9.06. The van der Waals surface area contributed by atoms with Crippen LogP contribution in [0.5, 0.6) is 0 Å². The zero-order chi connectivity index (χ0) is 16.5. The van der Waals surface area contributed by atoms with Gasteiger partial charge in [-0.3, -0.25) is 9.78 Å². The molecule has 4 nitrogen and oxygen atoms in total. The fraction of sp³-hybridized carbons (Fsp3) is 0.368. The summed E-state index contributed by atoms with van der Waals surface area (Å²) < 4.78 is 0. The van der Waals surface area contributed by atoms with E-state index in [-0.39, 0.29) is 5.91 Å². The van der Waals surface area contributed by atoms with Crippen LogP contribution in [-0.4, -0.2) is 33.5 Å². The highest BCUT2D eigenvalue weighted by molar-refractivity contribution is 5.76. The second-order valence-electron chi connectivity index (χ2n) is 5.78. The molecule has 0 spiro atoms. The SMILES string of the molecule is CC(O)CN(Cc1ccccc1)C(=O)CCCc1ccccn1. The number of aromatic nitrogens is 1. The number of amides is 1. The number of carbonyl (C=O) groups is 1. The van der Waals surface area contributed by atoms with E-state index in [1.165, 1.54) is 0 Å². The smallest absolute Gasteiger partial charge is 0.222 e. The molecule has 1 unspecified atom stereocenters. The number of nitrogens with zero attached hydrogens (tertiary/aromatic N) is 2. The lowest BCUT2D eigenvalue weighted by molar-refractivity contribution is -0.133. The van der Waals surface area contributed by atoms with Crippen molar-refractivity contribution in [3.05, 3.63) is 66.0 Å². The molecule has 0 saturated heterocycles. The molecule has 0 saturated carbocycles. The van der Waals surface area contributed by atoms with E-state index >= 15 is 0 Å². The Bertz CT molecular complexity index is 585. The highest BCUT2D eigenvalue weighted by atomic mass is 16.3. The molecule has 1 aromatic carbocycles. The van der Waals surface area contributed by atoms with Crippen molar-refractivity contribution in [2.24, 2.45) is 0 Å². The molecule has 23 heavy (non-hydrogen) atoms. The Hall–Kier alpha value is -2.20. The number of aryl methyl sites for hydroxylation is 1. The minimum Gasteiger partial charge on any atom is -0.392 e. The zero-order valence-electron chi connectivity index (χ0n) is 13.6. The number of pyridine rings is 1. The minimum absolute atomic E-state index is 0.0747. The molecule has 0 aliphatic carbocycles. The first-order valence-electron chi connectivity index (χ1n) is 8.05. The fourth-order valence-corrected chi connectivity index (χ4v) is 2.50. The van der Waals surface area contributed by atoms with Crippen LogP contribution in [-0.2, 0) is 17.8 Å². The molecular formula is C19H24N2O2. The molecule has 1 amide bonds. The van der Waals surface area contributed by atoms with Crippen molar-refractivity contribution >= 4 is 5.91 Å². The van der Waals surface area contributed by atoms with E-state index in [1.807, 2.05) is 48.5 Å². The molecule has 122 valence electrons. The van der Waals surface area contributed by atoms with Gasteiger partial charge in [-0.05, 0) is 37.5 Å². The van der Waals surface area contributed by atoms with Crippen LogP contribution in [0.2, 0.25) is 0 Å². The monoisotopic (exact) mass is 312 g/mol. The maximum Gasteiger partial charge on any atom is 0.222 e. The van der Waals surface area contributed by atoms with Gasteiger partial charge in [-0.15, -0.1) is 0 Å². The summed E-state index contributed by atoms with van der Waals surface area (Å²) in [5.74, 6) is 0.0747. The summed E-state index contributed by atoms with van der Waals surface area (Å²) >= 11 is 0. The zero-order valence-corrected chi connectivity index (χ0v) is 13.6. The quantitative estimate of drug-likeness (QED) is 0.815. The van der Waals surface area contributed by atoms with Gasteiger partial charge in [0.1, 0.15) is 0 Å². The summed E-state index contributed by atoms with van der Waals surface area (Å²) in [5.41, 5.74) is 2.08. The van der Waals surface area contributed by atoms with Crippen molar-refractivity contribution in [1.82, 2.24) is 9.88 Å². The van der Waals surface area contributed by atoms with Crippen molar-refractivity contribution in [2.75, 3.05) is 6.54 Å². The molecule has 0 fully saturated rings. The maximum absolute atomic E-state index is 12.5. The van der Waals surface area contributed by atoms with E-state index in [1.54, 1.807) is 18.0 Å². The van der Waals surface area contributed by atoms with Crippen LogP contribution < -0.4 is 0 Å². The molecule has 1 aromatic heterocycles. The summed E-state index contributed by atoms with van der Waals surface area (Å²) in [6.45, 7) is 2.60. The third-order valence-corrected chi connectivity index (χ3v) is 3.60. The Morgan fingerprint density at radius 3 is 2.57 bits per heavy atom. The van der Waals surface area contributed by atoms with Gasteiger partial charge in [-0.2, -0.15) is 0 Å². The highest BCUT2D eigenvalue weighted by Gasteiger charge is 2.15. The summed E-state index contributed by atoms with van der Waals surface area (Å²) in [7, 11) is 0. The lowest BCUT2D eigenvalue weighted by Crippen LogP contribution is -2.36. The van der Waals surface area contributed by atoms with Crippen molar-refractivity contribution in [1.29, 1.82) is 0 Å². The summed E-state index contributed by atoms with van der Waals surface area (Å²) in [4.78, 5) is 18.5. The normalized spacial score (nSPS) is 11.9. The Morgan fingerprint density at radius 1 is 1.17 bits per heavy atom. The second-order valence-corrected chi connectivity index (χ2v) is 5.78. The van der Waals surface area contributed by atoms with Crippen LogP contribution in [0.3, 0.4) is 0 Å². The first-order valence-corrected chi connectivity index (χ1v) is 8.05. The molecule has 1 atom stereocenters.